The van der Waals surface area contributed by atoms with Gasteiger partial charge in [0.05, 0.1) is 22.9 Å². The first-order valence-electron chi connectivity index (χ1n) is 9.37. The highest BCUT2D eigenvalue weighted by Gasteiger charge is 2.11. The van der Waals surface area contributed by atoms with Crippen molar-refractivity contribution in [1.82, 2.24) is 14.8 Å². The fourth-order valence-corrected chi connectivity index (χ4v) is 3.76. The molecule has 0 spiro atoms. The number of carbonyl (C=O) groups excluding carboxylic acids is 1. The van der Waals surface area contributed by atoms with Gasteiger partial charge in [-0.1, -0.05) is 42.5 Å². The van der Waals surface area contributed by atoms with Gasteiger partial charge in [-0.15, -0.1) is 16.4 Å². The zero-order valence-electron chi connectivity index (χ0n) is 16.6. The summed E-state index contributed by atoms with van der Waals surface area (Å²) < 4.78 is 12.3. The van der Waals surface area contributed by atoms with Crippen molar-refractivity contribution < 1.29 is 19.4 Å². The van der Waals surface area contributed by atoms with Gasteiger partial charge in [0.15, 0.2) is 6.79 Å². The van der Waals surface area contributed by atoms with Gasteiger partial charge in [0.25, 0.3) is 0 Å². The van der Waals surface area contributed by atoms with Crippen LogP contribution in [0.2, 0.25) is 0 Å². The standard InChI is InChI=1S/C23H19N3O4S/c1-29-15-30-21-16(13-26(25-21)18-7-3-2-4-8-18)11-12-17-14-31-22(24-17)19-9-5-6-10-20(19)23(27)28/h2-14H,15H2,1H3,(H,27,28)/p-1/b12-11+. The molecule has 0 fully saturated rings. The van der Waals surface area contributed by atoms with E-state index < -0.39 is 5.97 Å². The topological polar surface area (TPSA) is 89.3 Å². The summed E-state index contributed by atoms with van der Waals surface area (Å²) in [6.45, 7) is 0.0769. The Morgan fingerprint density at radius 3 is 2.68 bits per heavy atom. The minimum absolute atomic E-state index is 0.0769. The van der Waals surface area contributed by atoms with E-state index in [0.717, 1.165) is 11.3 Å². The number of hydrogen-bond donors (Lipinski definition) is 0. The van der Waals surface area contributed by atoms with Gasteiger partial charge in [0.2, 0.25) is 5.88 Å². The second kappa shape index (κ2) is 9.38. The predicted molar refractivity (Wildman–Crippen MR) is 117 cm³/mol. The molecule has 0 aliphatic rings. The molecule has 0 radical (unpaired) electrons. The van der Waals surface area contributed by atoms with Crippen LogP contribution in [0.25, 0.3) is 28.4 Å². The molecule has 31 heavy (non-hydrogen) atoms. The molecule has 0 N–H and O–H groups in total. The highest BCUT2D eigenvalue weighted by Crippen LogP contribution is 2.28. The average molecular weight is 432 g/mol. The Balaban J connectivity index is 1.62. The number of benzene rings is 2. The van der Waals surface area contributed by atoms with Crippen molar-refractivity contribution in [1.29, 1.82) is 0 Å². The van der Waals surface area contributed by atoms with E-state index in [0.29, 0.717) is 22.1 Å². The Bertz CT molecular complexity index is 1210. The zero-order chi connectivity index (χ0) is 21.6. The Labute approximate surface area is 182 Å². The number of para-hydroxylation sites is 1. The predicted octanol–water partition coefficient (Wildman–Crippen LogP) is 3.51. The Morgan fingerprint density at radius 2 is 1.90 bits per heavy atom. The van der Waals surface area contributed by atoms with E-state index in [2.05, 4.69) is 10.1 Å². The van der Waals surface area contributed by atoms with Crippen LogP contribution in [-0.2, 0) is 4.74 Å². The van der Waals surface area contributed by atoms with Crippen molar-refractivity contribution in [3.63, 3.8) is 0 Å². The minimum atomic E-state index is -1.23. The summed E-state index contributed by atoms with van der Waals surface area (Å²) in [5.41, 5.74) is 3.00. The van der Waals surface area contributed by atoms with Gasteiger partial charge < -0.3 is 19.4 Å². The highest BCUT2D eigenvalue weighted by atomic mass is 32.1. The van der Waals surface area contributed by atoms with Crippen molar-refractivity contribution >= 4 is 29.5 Å². The number of hydrogen-bond acceptors (Lipinski definition) is 7. The van der Waals surface area contributed by atoms with Crippen LogP contribution < -0.4 is 9.84 Å². The molecule has 0 amide bonds. The van der Waals surface area contributed by atoms with Crippen LogP contribution in [0.15, 0.2) is 66.2 Å². The summed E-state index contributed by atoms with van der Waals surface area (Å²) in [5, 5.41) is 18.3. The number of nitrogens with zero attached hydrogens (tertiary/aromatic N) is 3. The summed E-state index contributed by atoms with van der Waals surface area (Å²) >= 11 is 1.36. The number of ether oxygens (including phenoxy) is 2. The van der Waals surface area contributed by atoms with Crippen LogP contribution >= 0.6 is 11.3 Å². The maximum Gasteiger partial charge on any atom is 0.242 e. The molecule has 0 aliphatic heterocycles. The monoisotopic (exact) mass is 432 g/mol. The van der Waals surface area contributed by atoms with E-state index in [1.54, 1.807) is 30.0 Å². The van der Waals surface area contributed by atoms with E-state index in [1.165, 1.54) is 17.4 Å². The van der Waals surface area contributed by atoms with Crippen molar-refractivity contribution in [2.75, 3.05) is 13.9 Å². The zero-order valence-corrected chi connectivity index (χ0v) is 17.4. The molecule has 0 unspecified atom stereocenters. The molecule has 7 nitrogen and oxygen atoms in total. The molecular weight excluding hydrogens is 414 g/mol. The van der Waals surface area contributed by atoms with Gasteiger partial charge in [0, 0.05) is 29.8 Å². The molecule has 4 rings (SSSR count). The van der Waals surface area contributed by atoms with Gasteiger partial charge in [-0.05, 0) is 24.3 Å². The molecule has 2 aromatic carbocycles. The average Bonchev–Trinajstić information content (AvgIpc) is 3.44. The van der Waals surface area contributed by atoms with Crippen LogP contribution in [0.5, 0.6) is 5.88 Å². The maximum absolute atomic E-state index is 11.4. The minimum Gasteiger partial charge on any atom is -0.545 e. The molecule has 0 saturated heterocycles. The molecular formula is C23H18N3O4S-. The largest absolute Gasteiger partial charge is 0.545 e. The molecule has 0 bridgehead atoms. The van der Waals surface area contributed by atoms with Crippen LogP contribution in [0.3, 0.4) is 0 Å². The molecule has 0 saturated carbocycles. The van der Waals surface area contributed by atoms with Crippen LogP contribution in [0.4, 0.5) is 0 Å². The maximum atomic E-state index is 11.4. The van der Waals surface area contributed by atoms with Crippen molar-refractivity contribution in [2.45, 2.75) is 0 Å². The summed E-state index contributed by atoms with van der Waals surface area (Å²) in [6.07, 6.45) is 5.53. The van der Waals surface area contributed by atoms with E-state index in [4.69, 9.17) is 9.47 Å². The number of rotatable bonds is 8. The number of carbonyl (C=O) groups is 1. The number of aromatic nitrogens is 3. The summed E-state index contributed by atoms with van der Waals surface area (Å²) in [4.78, 5) is 15.9. The van der Waals surface area contributed by atoms with Crippen LogP contribution in [0, 0.1) is 0 Å². The number of methoxy groups -OCH3 is 1. The van der Waals surface area contributed by atoms with Gasteiger partial charge in [-0.3, -0.25) is 0 Å². The second-order valence-electron chi connectivity index (χ2n) is 6.46. The Morgan fingerprint density at radius 1 is 1.13 bits per heavy atom. The van der Waals surface area contributed by atoms with Crippen molar-refractivity contribution in [2.24, 2.45) is 0 Å². The Kier molecular flexibility index (Phi) is 6.21. The third kappa shape index (κ3) is 4.71. The van der Waals surface area contributed by atoms with E-state index in [-0.39, 0.29) is 12.4 Å². The lowest BCUT2D eigenvalue weighted by Crippen LogP contribution is -2.22. The third-order valence-corrected chi connectivity index (χ3v) is 5.27. The van der Waals surface area contributed by atoms with Crippen LogP contribution in [-0.4, -0.2) is 34.6 Å². The molecule has 2 aromatic heterocycles. The second-order valence-corrected chi connectivity index (χ2v) is 7.32. The quantitative estimate of drug-likeness (QED) is 0.396. The lowest BCUT2D eigenvalue weighted by atomic mass is 10.1. The van der Waals surface area contributed by atoms with E-state index >= 15 is 0 Å². The molecule has 4 aromatic rings. The fourth-order valence-electron chi connectivity index (χ4n) is 2.93. The van der Waals surface area contributed by atoms with Gasteiger partial charge in [-0.2, -0.15) is 0 Å². The highest BCUT2D eigenvalue weighted by molar-refractivity contribution is 7.13. The number of carboxylic acids is 1. The smallest absolute Gasteiger partial charge is 0.242 e. The first kappa shape index (κ1) is 20.5. The molecule has 0 atom stereocenters. The first-order chi connectivity index (χ1) is 15.2. The fraction of sp³-hybridized carbons (Fsp3) is 0.0870. The molecule has 0 aliphatic carbocycles. The third-order valence-electron chi connectivity index (χ3n) is 4.37. The number of carboxylic acid groups (broad SMARTS) is 1. The summed E-state index contributed by atoms with van der Waals surface area (Å²) in [6, 6.07) is 16.4. The summed E-state index contributed by atoms with van der Waals surface area (Å²) in [7, 11) is 1.55. The van der Waals surface area contributed by atoms with Crippen LogP contribution in [0.1, 0.15) is 21.6 Å². The van der Waals surface area contributed by atoms with E-state index in [9.17, 15) is 9.90 Å². The van der Waals surface area contributed by atoms with E-state index in [1.807, 2.05) is 54.1 Å². The molecule has 8 heteroatoms. The van der Waals surface area contributed by atoms with Crippen molar-refractivity contribution in [3.05, 3.63) is 83.0 Å². The number of aromatic carboxylic acids is 1. The first-order valence-corrected chi connectivity index (χ1v) is 10.2. The molecule has 156 valence electrons. The van der Waals surface area contributed by atoms with Crippen molar-refractivity contribution in [3.8, 4) is 22.1 Å². The molecule has 2 heterocycles. The lowest BCUT2D eigenvalue weighted by Gasteiger charge is -2.06. The normalized spacial score (nSPS) is 11.1. The van der Waals surface area contributed by atoms with Gasteiger partial charge in [0.1, 0.15) is 5.01 Å². The lowest BCUT2D eigenvalue weighted by molar-refractivity contribution is -0.254. The SMILES string of the molecule is COCOc1nn(-c2ccccc2)cc1/C=C/c1csc(-c2ccccc2C(=O)[O-])n1. The number of thiazole rings is 1. The van der Waals surface area contributed by atoms with Gasteiger partial charge in [-0.25, -0.2) is 9.67 Å². The Hall–Kier alpha value is -3.75. The van der Waals surface area contributed by atoms with Gasteiger partial charge >= 0.3 is 0 Å². The summed E-state index contributed by atoms with van der Waals surface area (Å²) in [5.74, 6) is -0.796.